The van der Waals surface area contributed by atoms with Gasteiger partial charge in [-0.3, -0.25) is 0 Å². The van der Waals surface area contributed by atoms with Gasteiger partial charge in [0.25, 0.3) is 0 Å². The average Bonchev–Trinajstić information content (AvgIpc) is 2.39. The fraction of sp³-hybridized carbons (Fsp3) is 0.250. The van der Waals surface area contributed by atoms with Gasteiger partial charge >= 0.3 is 0 Å². The maximum atomic E-state index is 6.05. The zero-order valence-electron chi connectivity index (χ0n) is 10.4. The molecular formula is C16H16ClN. The van der Waals surface area contributed by atoms with Crippen molar-refractivity contribution < 1.29 is 0 Å². The SMILES string of the molecule is CC1Cc2cc(Cl)ccc2NC1c1ccccc1. The maximum absolute atomic E-state index is 6.05. The fourth-order valence-electron chi connectivity index (χ4n) is 2.72. The Morgan fingerprint density at radius 3 is 2.67 bits per heavy atom. The molecule has 0 fully saturated rings. The van der Waals surface area contributed by atoms with Crippen LogP contribution in [0.3, 0.4) is 0 Å². The lowest BCUT2D eigenvalue weighted by Crippen LogP contribution is -2.25. The molecule has 1 aliphatic rings. The number of anilines is 1. The summed E-state index contributed by atoms with van der Waals surface area (Å²) in [6.45, 7) is 2.29. The highest BCUT2D eigenvalue weighted by Crippen LogP contribution is 2.37. The lowest BCUT2D eigenvalue weighted by molar-refractivity contribution is 0.479. The third-order valence-corrected chi connectivity index (χ3v) is 3.88. The van der Waals surface area contributed by atoms with E-state index < -0.39 is 0 Å². The van der Waals surface area contributed by atoms with Crippen LogP contribution in [0.1, 0.15) is 24.1 Å². The number of hydrogen-bond donors (Lipinski definition) is 1. The zero-order valence-corrected chi connectivity index (χ0v) is 11.1. The van der Waals surface area contributed by atoms with Crippen LogP contribution in [-0.2, 0) is 6.42 Å². The third kappa shape index (κ3) is 2.11. The molecule has 1 nitrogen and oxygen atoms in total. The van der Waals surface area contributed by atoms with Gasteiger partial charge in [0.15, 0.2) is 0 Å². The van der Waals surface area contributed by atoms with Crippen LogP contribution >= 0.6 is 11.6 Å². The van der Waals surface area contributed by atoms with Gasteiger partial charge in [-0.05, 0) is 41.7 Å². The van der Waals surface area contributed by atoms with Crippen LogP contribution in [0.25, 0.3) is 0 Å². The van der Waals surface area contributed by atoms with Crippen LogP contribution < -0.4 is 5.32 Å². The topological polar surface area (TPSA) is 12.0 Å². The summed E-state index contributed by atoms with van der Waals surface area (Å²) in [5, 5.41) is 4.45. The first-order valence-corrected chi connectivity index (χ1v) is 6.72. The molecule has 0 aromatic heterocycles. The van der Waals surface area contributed by atoms with Gasteiger partial charge in [-0.25, -0.2) is 0 Å². The van der Waals surface area contributed by atoms with Gasteiger partial charge in [-0.2, -0.15) is 0 Å². The van der Waals surface area contributed by atoms with Crippen molar-refractivity contribution in [3.8, 4) is 0 Å². The first-order valence-electron chi connectivity index (χ1n) is 6.34. The number of halogens is 1. The van der Waals surface area contributed by atoms with Gasteiger partial charge in [0.1, 0.15) is 0 Å². The molecule has 2 aromatic carbocycles. The van der Waals surface area contributed by atoms with E-state index in [1.54, 1.807) is 0 Å². The molecule has 18 heavy (non-hydrogen) atoms. The summed E-state index contributed by atoms with van der Waals surface area (Å²) in [6, 6.07) is 17.1. The van der Waals surface area contributed by atoms with E-state index in [0.29, 0.717) is 12.0 Å². The number of rotatable bonds is 1. The smallest absolute Gasteiger partial charge is 0.0542 e. The quantitative estimate of drug-likeness (QED) is 0.782. The molecule has 2 heteroatoms. The van der Waals surface area contributed by atoms with Gasteiger partial charge in [-0.1, -0.05) is 48.9 Å². The van der Waals surface area contributed by atoms with Crippen molar-refractivity contribution in [1.82, 2.24) is 0 Å². The van der Waals surface area contributed by atoms with Gasteiger partial charge in [0, 0.05) is 10.7 Å². The summed E-state index contributed by atoms with van der Waals surface area (Å²) in [5.74, 6) is 0.568. The minimum atomic E-state index is 0.389. The summed E-state index contributed by atoms with van der Waals surface area (Å²) in [7, 11) is 0. The monoisotopic (exact) mass is 257 g/mol. The van der Waals surface area contributed by atoms with E-state index in [1.807, 2.05) is 6.07 Å². The lowest BCUT2D eigenvalue weighted by atomic mass is 9.85. The summed E-state index contributed by atoms with van der Waals surface area (Å²) < 4.78 is 0. The zero-order chi connectivity index (χ0) is 12.5. The van der Waals surface area contributed by atoms with E-state index in [-0.39, 0.29) is 0 Å². The van der Waals surface area contributed by atoms with E-state index in [0.717, 1.165) is 11.4 Å². The van der Waals surface area contributed by atoms with Gasteiger partial charge in [0.05, 0.1) is 6.04 Å². The van der Waals surface area contributed by atoms with Crippen LogP contribution in [0, 0.1) is 5.92 Å². The Labute approximate surface area is 113 Å². The highest BCUT2D eigenvalue weighted by atomic mass is 35.5. The van der Waals surface area contributed by atoms with Crippen molar-refractivity contribution in [3.63, 3.8) is 0 Å². The molecule has 0 amide bonds. The minimum Gasteiger partial charge on any atom is -0.378 e. The number of nitrogens with one attached hydrogen (secondary N) is 1. The highest BCUT2D eigenvalue weighted by Gasteiger charge is 2.25. The summed E-state index contributed by atoms with van der Waals surface area (Å²) in [6.07, 6.45) is 1.07. The van der Waals surface area contributed by atoms with E-state index >= 15 is 0 Å². The highest BCUT2D eigenvalue weighted by molar-refractivity contribution is 6.30. The van der Waals surface area contributed by atoms with Crippen molar-refractivity contribution in [3.05, 3.63) is 64.7 Å². The molecule has 3 rings (SSSR count). The molecule has 0 bridgehead atoms. The summed E-state index contributed by atoms with van der Waals surface area (Å²) in [5.41, 5.74) is 3.89. The van der Waals surface area contributed by atoms with Gasteiger partial charge in [0.2, 0.25) is 0 Å². The molecule has 1 N–H and O–H groups in total. The van der Waals surface area contributed by atoms with Gasteiger partial charge < -0.3 is 5.32 Å². The normalized spacial score (nSPS) is 22.1. The van der Waals surface area contributed by atoms with Crippen LogP contribution in [-0.4, -0.2) is 0 Å². The van der Waals surface area contributed by atoms with Crippen LogP contribution in [0.4, 0.5) is 5.69 Å². The van der Waals surface area contributed by atoms with Gasteiger partial charge in [-0.15, -0.1) is 0 Å². The predicted molar refractivity (Wildman–Crippen MR) is 77.1 cm³/mol. The van der Waals surface area contributed by atoms with Crippen molar-refractivity contribution in [1.29, 1.82) is 0 Å². The molecule has 0 radical (unpaired) electrons. The second kappa shape index (κ2) is 4.66. The van der Waals surface area contributed by atoms with Crippen molar-refractivity contribution in [2.24, 2.45) is 5.92 Å². The Kier molecular flexibility index (Phi) is 3.00. The summed E-state index contributed by atoms with van der Waals surface area (Å²) >= 11 is 6.05. The van der Waals surface area contributed by atoms with Crippen molar-refractivity contribution in [2.75, 3.05) is 5.32 Å². The second-order valence-corrected chi connectivity index (χ2v) is 5.45. The van der Waals surface area contributed by atoms with E-state index in [9.17, 15) is 0 Å². The Hall–Kier alpha value is -1.47. The van der Waals surface area contributed by atoms with E-state index in [2.05, 4.69) is 54.7 Å². The first kappa shape index (κ1) is 11.6. The van der Waals surface area contributed by atoms with Crippen molar-refractivity contribution >= 4 is 17.3 Å². The molecule has 0 spiro atoms. The standard InChI is InChI=1S/C16H16ClN/c1-11-9-13-10-14(17)7-8-15(13)18-16(11)12-5-3-2-4-6-12/h2-8,10-11,16,18H,9H2,1H3. The van der Waals surface area contributed by atoms with E-state index in [1.165, 1.54) is 16.8 Å². The molecule has 2 aromatic rings. The second-order valence-electron chi connectivity index (χ2n) is 5.02. The fourth-order valence-corrected chi connectivity index (χ4v) is 2.91. The molecule has 2 unspecified atom stereocenters. The largest absolute Gasteiger partial charge is 0.378 e. The van der Waals surface area contributed by atoms with Crippen LogP contribution in [0.2, 0.25) is 5.02 Å². The molecule has 1 heterocycles. The molecule has 92 valence electrons. The molecule has 2 atom stereocenters. The Bertz CT molecular complexity index is 550. The first-order chi connectivity index (χ1) is 8.74. The number of fused-ring (bicyclic) bond motifs is 1. The van der Waals surface area contributed by atoms with Crippen LogP contribution in [0.15, 0.2) is 48.5 Å². The lowest BCUT2D eigenvalue weighted by Gasteiger charge is -2.33. The predicted octanol–water partition coefficient (Wildman–Crippen LogP) is 4.69. The van der Waals surface area contributed by atoms with E-state index in [4.69, 9.17) is 11.6 Å². The Morgan fingerprint density at radius 1 is 1.11 bits per heavy atom. The molecule has 0 saturated heterocycles. The Morgan fingerprint density at radius 2 is 1.89 bits per heavy atom. The summed E-state index contributed by atoms with van der Waals surface area (Å²) in [4.78, 5) is 0. The molecule has 0 saturated carbocycles. The Balaban J connectivity index is 1.95. The van der Waals surface area contributed by atoms with Crippen LogP contribution in [0.5, 0.6) is 0 Å². The maximum Gasteiger partial charge on any atom is 0.0542 e. The third-order valence-electron chi connectivity index (χ3n) is 3.65. The van der Waals surface area contributed by atoms with Crippen molar-refractivity contribution in [2.45, 2.75) is 19.4 Å². The number of hydrogen-bond acceptors (Lipinski definition) is 1. The molecule has 0 aliphatic carbocycles. The number of benzene rings is 2. The minimum absolute atomic E-state index is 0.389. The molecular weight excluding hydrogens is 242 g/mol. The average molecular weight is 258 g/mol. The molecule has 1 aliphatic heterocycles.